The topological polar surface area (TPSA) is 26.3 Å². The molecule has 1 aromatic heterocycles. The number of ketones is 1. The molecule has 3 rings (SSSR count). The fourth-order valence-electron chi connectivity index (χ4n) is 2.51. The number of carbonyl (C=O) groups is 1. The van der Waals surface area contributed by atoms with Crippen molar-refractivity contribution in [2.75, 3.05) is 7.11 Å². The van der Waals surface area contributed by atoms with E-state index in [1.807, 2.05) is 50.2 Å². The highest BCUT2D eigenvalue weighted by molar-refractivity contribution is 7.21. The van der Waals surface area contributed by atoms with E-state index in [0.717, 1.165) is 27.0 Å². The van der Waals surface area contributed by atoms with Crippen molar-refractivity contribution in [1.29, 1.82) is 0 Å². The van der Waals surface area contributed by atoms with E-state index in [0.29, 0.717) is 15.5 Å². The predicted molar refractivity (Wildman–Crippen MR) is 92.7 cm³/mol. The Labute approximate surface area is 138 Å². The largest absolute Gasteiger partial charge is 0.497 e. The number of thiophene rings is 1. The molecule has 3 aromatic rings. The van der Waals surface area contributed by atoms with Gasteiger partial charge in [-0.3, -0.25) is 4.79 Å². The number of methoxy groups -OCH3 is 1. The van der Waals surface area contributed by atoms with Crippen LogP contribution in [0.15, 0.2) is 36.4 Å². The Morgan fingerprint density at radius 2 is 1.91 bits per heavy atom. The van der Waals surface area contributed by atoms with Crippen LogP contribution < -0.4 is 4.74 Å². The van der Waals surface area contributed by atoms with E-state index in [4.69, 9.17) is 16.3 Å². The van der Waals surface area contributed by atoms with Crippen LogP contribution in [0.5, 0.6) is 5.75 Å². The van der Waals surface area contributed by atoms with Gasteiger partial charge in [-0.15, -0.1) is 11.3 Å². The zero-order chi connectivity index (χ0) is 15.9. The predicted octanol–water partition coefficient (Wildman–Crippen LogP) is 5.41. The van der Waals surface area contributed by atoms with Gasteiger partial charge in [0.05, 0.1) is 17.0 Å². The summed E-state index contributed by atoms with van der Waals surface area (Å²) in [6.45, 7) is 3.96. The second kappa shape index (κ2) is 5.75. The van der Waals surface area contributed by atoms with Crippen LogP contribution >= 0.6 is 22.9 Å². The van der Waals surface area contributed by atoms with Gasteiger partial charge >= 0.3 is 0 Å². The van der Waals surface area contributed by atoms with E-state index in [9.17, 15) is 4.79 Å². The van der Waals surface area contributed by atoms with Gasteiger partial charge in [0.1, 0.15) is 5.75 Å². The van der Waals surface area contributed by atoms with E-state index in [1.165, 1.54) is 11.3 Å². The third kappa shape index (κ3) is 2.51. The summed E-state index contributed by atoms with van der Waals surface area (Å²) in [6.07, 6.45) is 0. The summed E-state index contributed by atoms with van der Waals surface area (Å²) >= 11 is 7.84. The maximum Gasteiger partial charge on any atom is 0.204 e. The molecule has 4 heteroatoms. The molecular formula is C18H15ClO2S. The van der Waals surface area contributed by atoms with Crippen LogP contribution in [0.2, 0.25) is 5.02 Å². The molecule has 0 bridgehead atoms. The molecule has 2 nitrogen and oxygen atoms in total. The number of hydrogen-bond donors (Lipinski definition) is 0. The summed E-state index contributed by atoms with van der Waals surface area (Å²) in [4.78, 5) is 13.4. The quantitative estimate of drug-likeness (QED) is 0.600. The molecule has 1 heterocycles. The molecular weight excluding hydrogens is 316 g/mol. The van der Waals surface area contributed by atoms with E-state index in [2.05, 4.69) is 0 Å². The Morgan fingerprint density at radius 3 is 2.59 bits per heavy atom. The minimum Gasteiger partial charge on any atom is -0.497 e. The molecule has 0 saturated carbocycles. The Bertz CT molecular complexity index is 880. The first-order valence-electron chi connectivity index (χ1n) is 6.89. The highest BCUT2D eigenvalue weighted by Gasteiger charge is 2.20. The maximum atomic E-state index is 12.8. The molecule has 0 aliphatic rings. The minimum absolute atomic E-state index is 0.0253. The number of hydrogen-bond acceptors (Lipinski definition) is 3. The van der Waals surface area contributed by atoms with Gasteiger partial charge in [0.25, 0.3) is 0 Å². The second-order valence-electron chi connectivity index (χ2n) is 5.25. The third-order valence-electron chi connectivity index (χ3n) is 3.67. The number of ether oxygens (including phenoxy) is 1. The van der Waals surface area contributed by atoms with Crippen LogP contribution in [0.3, 0.4) is 0 Å². The molecule has 0 spiro atoms. The highest BCUT2D eigenvalue weighted by Crippen LogP contribution is 2.38. The molecule has 0 saturated heterocycles. The first kappa shape index (κ1) is 15.1. The smallest absolute Gasteiger partial charge is 0.204 e. The van der Waals surface area contributed by atoms with Gasteiger partial charge in [-0.2, -0.15) is 0 Å². The van der Waals surface area contributed by atoms with Crippen molar-refractivity contribution >= 4 is 38.8 Å². The SMILES string of the molecule is COc1ccc2c(Cl)c(C(=O)c3ccc(C)cc3C)sc2c1. The average molecular weight is 331 g/mol. The normalized spacial score (nSPS) is 10.9. The zero-order valence-electron chi connectivity index (χ0n) is 12.6. The number of rotatable bonds is 3. The molecule has 0 aliphatic heterocycles. The summed E-state index contributed by atoms with van der Waals surface area (Å²) < 4.78 is 6.18. The van der Waals surface area contributed by atoms with Crippen LogP contribution in [-0.2, 0) is 0 Å². The van der Waals surface area contributed by atoms with Gasteiger partial charge in [-0.05, 0) is 37.6 Å². The van der Waals surface area contributed by atoms with E-state index >= 15 is 0 Å². The van der Waals surface area contributed by atoms with Crippen LogP contribution in [0.4, 0.5) is 0 Å². The molecule has 22 heavy (non-hydrogen) atoms. The van der Waals surface area contributed by atoms with Crippen molar-refractivity contribution < 1.29 is 9.53 Å². The lowest BCUT2D eigenvalue weighted by molar-refractivity contribution is 0.104. The monoisotopic (exact) mass is 330 g/mol. The summed E-state index contributed by atoms with van der Waals surface area (Å²) in [6, 6.07) is 11.5. The van der Waals surface area contributed by atoms with Crippen molar-refractivity contribution in [2.24, 2.45) is 0 Å². The van der Waals surface area contributed by atoms with Crippen molar-refractivity contribution in [3.8, 4) is 5.75 Å². The number of halogens is 1. The summed E-state index contributed by atoms with van der Waals surface area (Å²) in [7, 11) is 1.62. The second-order valence-corrected chi connectivity index (χ2v) is 6.68. The third-order valence-corrected chi connectivity index (χ3v) is 5.33. The Morgan fingerprint density at radius 1 is 1.14 bits per heavy atom. The van der Waals surface area contributed by atoms with Crippen LogP contribution in [0.25, 0.3) is 10.1 Å². The van der Waals surface area contributed by atoms with Gasteiger partial charge < -0.3 is 4.74 Å². The van der Waals surface area contributed by atoms with Crippen molar-refractivity contribution in [3.05, 3.63) is 63.0 Å². The number of fused-ring (bicyclic) bond motifs is 1. The fourth-order valence-corrected chi connectivity index (χ4v) is 4.01. The lowest BCUT2D eigenvalue weighted by atomic mass is 10.0. The van der Waals surface area contributed by atoms with Crippen LogP contribution in [0.1, 0.15) is 26.4 Å². The molecule has 0 radical (unpaired) electrons. The highest BCUT2D eigenvalue weighted by atomic mass is 35.5. The lowest BCUT2D eigenvalue weighted by Crippen LogP contribution is -2.02. The molecule has 0 atom stereocenters. The van der Waals surface area contributed by atoms with Gasteiger partial charge in [0.2, 0.25) is 5.78 Å². The van der Waals surface area contributed by atoms with Gasteiger partial charge in [0, 0.05) is 15.6 Å². The van der Waals surface area contributed by atoms with Gasteiger partial charge in [-0.1, -0.05) is 35.4 Å². The van der Waals surface area contributed by atoms with E-state index in [1.54, 1.807) is 7.11 Å². The summed E-state index contributed by atoms with van der Waals surface area (Å²) in [5.74, 6) is 0.735. The first-order valence-corrected chi connectivity index (χ1v) is 8.08. The van der Waals surface area contributed by atoms with Gasteiger partial charge in [-0.25, -0.2) is 0 Å². The average Bonchev–Trinajstić information content (AvgIpc) is 2.83. The van der Waals surface area contributed by atoms with Crippen molar-refractivity contribution in [2.45, 2.75) is 13.8 Å². The molecule has 0 N–H and O–H groups in total. The molecule has 0 unspecified atom stereocenters. The van der Waals surface area contributed by atoms with E-state index in [-0.39, 0.29) is 5.78 Å². The van der Waals surface area contributed by atoms with Crippen LogP contribution in [0, 0.1) is 13.8 Å². The number of benzene rings is 2. The zero-order valence-corrected chi connectivity index (χ0v) is 14.1. The molecule has 0 amide bonds. The van der Waals surface area contributed by atoms with Crippen molar-refractivity contribution in [1.82, 2.24) is 0 Å². The molecule has 0 aliphatic carbocycles. The Balaban J connectivity index is 2.13. The number of carbonyl (C=O) groups excluding carboxylic acids is 1. The summed E-state index contributed by atoms with van der Waals surface area (Å²) in [5.41, 5.74) is 2.81. The first-order chi connectivity index (χ1) is 10.5. The fraction of sp³-hybridized carbons (Fsp3) is 0.167. The Kier molecular flexibility index (Phi) is 3.94. The number of aryl methyl sites for hydroxylation is 2. The maximum absolute atomic E-state index is 12.8. The molecule has 112 valence electrons. The summed E-state index contributed by atoms with van der Waals surface area (Å²) in [5, 5.41) is 1.41. The molecule has 2 aromatic carbocycles. The minimum atomic E-state index is -0.0253. The van der Waals surface area contributed by atoms with Crippen molar-refractivity contribution in [3.63, 3.8) is 0 Å². The lowest BCUT2D eigenvalue weighted by Gasteiger charge is -2.05. The Hall–Kier alpha value is -1.84. The van der Waals surface area contributed by atoms with E-state index < -0.39 is 0 Å². The van der Waals surface area contributed by atoms with Gasteiger partial charge in [0.15, 0.2) is 0 Å². The molecule has 0 fully saturated rings. The van der Waals surface area contributed by atoms with Crippen LogP contribution in [-0.4, -0.2) is 12.9 Å². The standard InChI is InChI=1S/C18H15ClO2S/c1-10-4-6-13(11(2)8-10)17(20)18-16(19)14-7-5-12(21-3)9-15(14)22-18/h4-9H,1-3H3.